The number of thiophene rings is 1. The van der Waals surface area contributed by atoms with Crippen molar-refractivity contribution in [3.8, 4) is 10.8 Å². The molecule has 28 heavy (non-hydrogen) atoms. The van der Waals surface area contributed by atoms with Gasteiger partial charge in [0.1, 0.15) is 0 Å². The molecule has 2 aliphatic rings. The second kappa shape index (κ2) is 7.17. The number of rotatable bonds is 4. The minimum Gasteiger partial charge on any atom is -0.333 e. The first-order valence-corrected chi connectivity index (χ1v) is 10.9. The SMILES string of the molecule is CCc1cccc(N2CC(c3noc(-c4cc5c(s4)CCCC5)n3)CC2=O)c1. The summed E-state index contributed by atoms with van der Waals surface area (Å²) in [7, 11) is 0. The van der Waals surface area contributed by atoms with Crippen LogP contribution in [0.1, 0.15) is 53.9 Å². The molecule has 3 heterocycles. The van der Waals surface area contributed by atoms with E-state index in [0.717, 1.165) is 29.8 Å². The Labute approximate surface area is 168 Å². The lowest BCUT2D eigenvalue weighted by Crippen LogP contribution is -2.24. The van der Waals surface area contributed by atoms with Crippen LogP contribution in [0.15, 0.2) is 34.9 Å². The summed E-state index contributed by atoms with van der Waals surface area (Å²) < 4.78 is 5.57. The number of aryl methyl sites for hydroxylation is 3. The van der Waals surface area contributed by atoms with E-state index in [1.54, 1.807) is 11.3 Å². The zero-order chi connectivity index (χ0) is 19.1. The van der Waals surface area contributed by atoms with E-state index in [0.29, 0.717) is 24.7 Å². The maximum atomic E-state index is 12.6. The fourth-order valence-electron chi connectivity index (χ4n) is 4.17. The summed E-state index contributed by atoms with van der Waals surface area (Å²) in [5.74, 6) is 1.33. The predicted octanol–water partition coefficient (Wildman–Crippen LogP) is 4.76. The lowest BCUT2D eigenvalue weighted by Gasteiger charge is -2.17. The first kappa shape index (κ1) is 17.6. The van der Waals surface area contributed by atoms with Gasteiger partial charge in [-0.15, -0.1) is 11.3 Å². The van der Waals surface area contributed by atoms with E-state index in [9.17, 15) is 4.79 Å². The fraction of sp³-hybridized carbons (Fsp3) is 0.409. The van der Waals surface area contributed by atoms with Crippen LogP contribution in [0.5, 0.6) is 0 Å². The minimum atomic E-state index is -0.0233. The molecule has 5 nitrogen and oxygen atoms in total. The van der Waals surface area contributed by atoms with Crippen molar-refractivity contribution in [2.45, 2.75) is 51.4 Å². The maximum absolute atomic E-state index is 12.6. The van der Waals surface area contributed by atoms with Crippen molar-refractivity contribution < 1.29 is 9.32 Å². The van der Waals surface area contributed by atoms with E-state index in [1.807, 2.05) is 17.0 Å². The predicted molar refractivity (Wildman–Crippen MR) is 110 cm³/mol. The number of carbonyl (C=O) groups excluding carboxylic acids is 1. The lowest BCUT2D eigenvalue weighted by molar-refractivity contribution is -0.117. The van der Waals surface area contributed by atoms with E-state index in [-0.39, 0.29) is 11.8 Å². The van der Waals surface area contributed by atoms with Crippen LogP contribution in [0, 0.1) is 0 Å². The average molecular weight is 394 g/mol. The molecule has 2 aromatic heterocycles. The number of fused-ring (bicyclic) bond motifs is 1. The van der Waals surface area contributed by atoms with Gasteiger partial charge in [-0.25, -0.2) is 0 Å². The highest BCUT2D eigenvalue weighted by Gasteiger charge is 2.35. The van der Waals surface area contributed by atoms with E-state index in [4.69, 9.17) is 4.52 Å². The van der Waals surface area contributed by atoms with Crippen LogP contribution in [0.25, 0.3) is 10.8 Å². The maximum Gasteiger partial charge on any atom is 0.268 e. The molecule has 1 amide bonds. The molecule has 0 saturated carbocycles. The normalized spacial score (nSPS) is 19.2. The molecule has 1 aliphatic carbocycles. The fourth-order valence-corrected chi connectivity index (χ4v) is 5.35. The van der Waals surface area contributed by atoms with E-state index in [1.165, 1.54) is 28.8 Å². The molecule has 0 spiro atoms. The van der Waals surface area contributed by atoms with Crippen LogP contribution < -0.4 is 4.90 Å². The lowest BCUT2D eigenvalue weighted by atomic mass is 9.99. The van der Waals surface area contributed by atoms with Crippen LogP contribution in [0.3, 0.4) is 0 Å². The van der Waals surface area contributed by atoms with Gasteiger partial charge in [0.15, 0.2) is 5.82 Å². The van der Waals surface area contributed by atoms with Crippen LogP contribution in [-0.4, -0.2) is 22.6 Å². The van der Waals surface area contributed by atoms with Crippen molar-refractivity contribution in [1.29, 1.82) is 0 Å². The van der Waals surface area contributed by atoms with Gasteiger partial charge in [0.2, 0.25) is 5.91 Å². The van der Waals surface area contributed by atoms with Crippen molar-refractivity contribution in [2.75, 3.05) is 11.4 Å². The molecule has 6 heteroatoms. The highest BCUT2D eigenvalue weighted by atomic mass is 32.1. The summed E-state index contributed by atoms with van der Waals surface area (Å²) >= 11 is 1.77. The number of nitrogens with zero attached hydrogens (tertiary/aromatic N) is 3. The van der Waals surface area contributed by atoms with Gasteiger partial charge in [0.05, 0.1) is 4.88 Å². The zero-order valence-electron chi connectivity index (χ0n) is 16.0. The molecule has 1 atom stereocenters. The largest absolute Gasteiger partial charge is 0.333 e. The van der Waals surface area contributed by atoms with Crippen molar-refractivity contribution >= 4 is 22.9 Å². The van der Waals surface area contributed by atoms with Crippen LogP contribution in [0.4, 0.5) is 5.69 Å². The van der Waals surface area contributed by atoms with Crippen LogP contribution in [0.2, 0.25) is 0 Å². The Bertz CT molecular complexity index is 999. The highest BCUT2D eigenvalue weighted by molar-refractivity contribution is 7.15. The van der Waals surface area contributed by atoms with Crippen LogP contribution in [-0.2, 0) is 24.1 Å². The minimum absolute atomic E-state index is 0.0233. The van der Waals surface area contributed by atoms with Crippen LogP contribution >= 0.6 is 11.3 Å². The quantitative estimate of drug-likeness (QED) is 0.641. The molecule has 1 aliphatic heterocycles. The summed E-state index contributed by atoms with van der Waals surface area (Å²) in [5, 5.41) is 4.22. The zero-order valence-corrected chi connectivity index (χ0v) is 16.8. The number of aromatic nitrogens is 2. The Balaban J connectivity index is 1.36. The number of anilines is 1. The van der Waals surface area contributed by atoms with E-state index >= 15 is 0 Å². The molecule has 3 aromatic rings. The monoisotopic (exact) mass is 393 g/mol. The second-order valence-corrected chi connectivity index (χ2v) is 8.79. The van der Waals surface area contributed by atoms with Gasteiger partial charge < -0.3 is 9.42 Å². The number of benzene rings is 1. The van der Waals surface area contributed by atoms with Crippen molar-refractivity contribution in [1.82, 2.24) is 10.1 Å². The third kappa shape index (κ3) is 3.15. The van der Waals surface area contributed by atoms with E-state index in [2.05, 4.69) is 35.3 Å². The topological polar surface area (TPSA) is 59.2 Å². The van der Waals surface area contributed by atoms with Gasteiger partial charge in [-0.3, -0.25) is 4.79 Å². The van der Waals surface area contributed by atoms with Crippen molar-refractivity contribution in [2.24, 2.45) is 0 Å². The molecular weight excluding hydrogens is 370 g/mol. The first-order chi connectivity index (χ1) is 13.7. The average Bonchev–Trinajstić information content (AvgIpc) is 3.45. The number of hydrogen-bond donors (Lipinski definition) is 0. The molecule has 1 unspecified atom stereocenters. The Morgan fingerprint density at radius 2 is 2.14 bits per heavy atom. The highest BCUT2D eigenvalue weighted by Crippen LogP contribution is 2.36. The Morgan fingerprint density at radius 3 is 3.00 bits per heavy atom. The summed E-state index contributed by atoms with van der Waals surface area (Å²) in [4.78, 5) is 21.6. The second-order valence-electron chi connectivity index (χ2n) is 7.65. The Hall–Kier alpha value is -2.47. The summed E-state index contributed by atoms with van der Waals surface area (Å²) in [6, 6.07) is 10.4. The van der Waals surface area contributed by atoms with E-state index < -0.39 is 0 Å². The van der Waals surface area contributed by atoms with Gasteiger partial charge >= 0.3 is 0 Å². The third-order valence-electron chi connectivity index (χ3n) is 5.77. The number of carbonyl (C=O) groups is 1. The molecule has 0 radical (unpaired) electrons. The first-order valence-electron chi connectivity index (χ1n) is 10.1. The molecule has 1 aromatic carbocycles. The molecule has 1 saturated heterocycles. The molecule has 5 rings (SSSR count). The van der Waals surface area contributed by atoms with Gasteiger partial charge in [0.25, 0.3) is 5.89 Å². The molecule has 1 fully saturated rings. The Kier molecular flexibility index (Phi) is 4.51. The standard InChI is InChI=1S/C22H23N3O2S/c1-2-14-6-5-8-17(10-14)25-13-16(12-20(25)26)21-23-22(27-24-21)19-11-15-7-3-4-9-18(15)28-19/h5-6,8,10-11,16H,2-4,7,9,12-13H2,1H3. The number of hydrogen-bond acceptors (Lipinski definition) is 5. The molecule has 144 valence electrons. The summed E-state index contributed by atoms with van der Waals surface area (Å²) in [5.41, 5.74) is 3.63. The van der Waals surface area contributed by atoms with Gasteiger partial charge in [-0.2, -0.15) is 4.98 Å². The van der Waals surface area contributed by atoms with Gasteiger partial charge in [-0.05, 0) is 61.4 Å². The Morgan fingerprint density at radius 1 is 1.25 bits per heavy atom. The third-order valence-corrected chi connectivity index (χ3v) is 6.99. The van der Waals surface area contributed by atoms with Crippen molar-refractivity contribution in [3.63, 3.8) is 0 Å². The summed E-state index contributed by atoms with van der Waals surface area (Å²) in [6.07, 6.45) is 6.22. The number of amides is 1. The summed E-state index contributed by atoms with van der Waals surface area (Å²) in [6.45, 7) is 2.73. The smallest absolute Gasteiger partial charge is 0.268 e. The van der Waals surface area contributed by atoms with Gasteiger partial charge in [-0.1, -0.05) is 24.2 Å². The molecule has 0 bridgehead atoms. The molecule has 0 N–H and O–H groups in total. The molecular formula is C22H23N3O2S. The van der Waals surface area contributed by atoms with Gasteiger partial charge in [0, 0.05) is 29.4 Å². The van der Waals surface area contributed by atoms with Crippen molar-refractivity contribution in [3.05, 3.63) is 52.2 Å².